The Morgan fingerprint density at radius 1 is 1.24 bits per heavy atom. The highest BCUT2D eigenvalue weighted by atomic mass is 16.4. The van der Waals surface area contributed by atoms with E-state index in [0.29, 0.717) is 17.9 Å². The maximum Gasteiger partial charge on any atom is 0.174 e. The number of amidine groups is 1. The summed E-state index contributed by atoms with van der Waals surface area (Å²) in [5.74, 6) is 0.637. The number of aromatic nitrogens is 2. The Morgan fingerprint density at radius 3 is 2.52 bits per heavy atom. The van der Waals surface area contributed by atoms with E-state index in [1.807, 2.05) is 56.1 Å². The summed E-state index contributed by atoms with van der Waals surface area (Å²) in [5, 5.41) is 20.4. The number of benzene rings is 1. The molecule has 0 fully saturated rings. The second-order valence-corrected chi connectivity index (χ2v) is 4.94. The Morgan fingerprint density at radius 2 is 1.90 bits per heavy atom. The maximum atomic E-state index is 9.00. The van der Waals surface area contributed by atoms with E-state index in [2.05, 4.69) is 15.4 Å². The lowest BCUT2D eigenvalue weighted by atomic mass is 10.1. The van der Waals surface area contributed by atoms with E-state index in [1.54, 1.807) is 0 Å². The number of hydrogen-bond donors (Lipinski definition) is 2. The van der Waals surface area contributed by atoms with Crippen LogP contribution in [0.3, 0.4) is 0 Å². The standard InChI is InChI=1S/C15H19N5O/c1-10-11(2)17-18-15(13(10)14(16)19-21)20(3)9-12-7-5-4-6-8-12/h4-8,21H,9H2,1-3H3,(H2,16,19). The van der Waals surface area contributed by atoms with Crippen molar-refractivity contribution in [2.75, 3.05) is 11.9 Å². The normalized spacial score (nSPS) is 11.5. The predicted molar refractivity (Wildman–Crippen MR) is 82.6 cm³/mol. The largest absolute Gasteiger partial charge is 0.409 e. The fraction of sp³-hybridized carbons (Fsp3) is 0.267. The zero-order valence-electron chi connectivity index (χ0n) is 12.4. The Kier molecular flexibility index (Phi) is 4.37. The first-order valence-corrected chi connectivity index (χ1v) is 6.61. The predicted octanol–water partition coefficient (Wildman–Crippen LogP) is 1.82. The summed E-state index contributed by atoms with van der Waals surface area (Å²) in [6.07, 6.45) is 0. The van der Waals surface area contributed by atoms with Gasteiger partial charge in [0.15, 0.2) is 11.7 Å². The molecule has 0 bridgehead atoms. The van der Waals surface area contributed by atoms with Crippen molar-refractivity contribution in [2.45, 2.75) is 20.4 Å². The molecule has 1 heterocycles. The van der Waals surface area contributed by atoms with Crippen molar-refractivity contribution in [3.05, 3.63) is 52.7 Å². The molecular weight excluding hydrogens is 266 g/mol. The lowest BCUT2D eigenvalue weighted by Gasteiger charge is -2.22. The Balaban J connectivity index is 2.41. The SMILES string of the molecule is Cc1nnc(N(C)Cc2ccccc2)c(/C(N)=N/O)c1C. The summed E-state index contributed by atoms with van der Waals surface area (Å²) in [5.41, 5.74) is 9.17. The molecule has 0 saturated heterocycles. The van der Waals surface area contributed by atoms with Crippen LogP contribution in [0.1, 0.15) is 22.4 Å². The molecule has 0 spiro atoms. The summed E-state index contributed by atoms with van der Waals surface area (Å²) in [4.78, 5) is 1.93. The molecule has 1 aromatic carbocycles. The number of nitrogens with zero attached hydrogens (tertiary/aromatic N) is 4. The summed E-state index contributed by atoms with van der Waals surface area (Å²) in [7, 11) is 1.90. The quantitative estimate of drug-likeness (QED) is 0.387. The summed E-state index contributed by atoms with van der Waals surface area (Å²) < 4.78 is 0. The third-order valence-corrected chi connectivity index (χ3v) is 3.42. The molecule has 2 aromatic rings. The molecule has 0 amide bonds. The van der Waals surface area contributed by atoms with E-state index in [1.165, 1.54) is 0 Å². The van der Waals surface area contributed by atoms with Gasteiger partial charge in [0.1, 0.15) is 0 Å². The number of anilines is 1. The van der Waals surface area contributed by atoms with Gasteiger partial charge in [-0.15, -0.1) is 5.10 Å². The highest BCUT2D eigenvalue weighted by Gasteiger charge is 2.18. The van der Waals surface area contributed by atoms with Gasteiger partial charge in [-0.1, -0.05) is 35.5 Å². The van der Waals surface area contributed by atoms with Crippen LogP contribution in [-0.2, 0) is 6.54 Å². The van der Waals surface area contributed by atoms with Gasteiger partial charge in [0, 0.05) is 13.6 Å². The van der Waals surface area contributed by atoms with Gasteiger partial charge >= 0.3 is 0 Å². The van der Waals surface area contributed by atoms with Gasteiger partial charge < -0.3 is 15.8 Å². The second kappa shape index (κ2) is 6.21. The number of rotatable bonds is 4. The molecule has 0 aliphatic carbocycles. The summed E-state index contributed by atoms with van der Waals surface area (Å²) in [6, 6.07) is 10.0. The molecule has 0 saturated carbocycles. The molecule has 1 aromatic heterocycles. The average Bonchev–Trinajstić information content (AvgIpc) is 2.50. The number of nitrogens with two attached hydrogens (primary N) is 1. The van der Waals surface area contributed by atoms with Crippen molar-refractivity contribution in [1.82, 2.24) is 10.2 Å². The molecule has 2 rings (SSSR count). The first kappa shape index (κ1) is 14.8. The fourth-order valence-corrected chi connectivity index (χ4v) is 2.15. The monoisotopic (exact) mass is 285 g/mol. The molecule has 6 heteroatoms. The minimum Gasteiger partial charge on any atom is -0.409 e. The third kappa shape index (κ3) is 3.10. The highest BCUT2D eigenvalue weighted by molar-refractivity contribution is 6.02. The summed E-state index contributed by atoms with van der Waals surface area (Å²) in [6.45, 7) is 4.39. The van der Waals surface area contributed by atoms with E-state index in [0.717, 1.165) is 16.8 Å². The van der Waals surface area contributed by atoms with E-state index in [9.17, 15) is 0 Å². The molecule has 0 aliphatic rings. The Bertz CT molecular complexity index is 655. The van der Waals surface area contributed by atoms with Crippen LogP contribution in [0.25, 0.3) is 0 Å². The van der Waals surface area contributed by atoms with Gasteiger partial charge in [0.25, 0.3) is 0 Å². The fourth-order valence-electron chi connectivity index (χ4n) is 2.15. The maximum absolute atomic E-state index is 9.00. The van der Waals surface area contributed by atoms with Crippen LogP contribution in [0.4, 0.5) is 5.82 Å². The number of aryl methyl sites for hydroxylation is 1. The van der Waals surface area contributed by atoms with Gasteiger partial charge in [-0.25, -0.2) is 0 Å². The second-order valence-electron chi connectivity index (χ2n) is 4.94. The van der Waals surface area contributed by atoms with Crippen LogP contribution in [0, 0.1) is 13.8 Å². The van der Waals surface area contributed by atoms with Crippen molar-refractivity contribution in [1.29, 1.82) is 0 Å². The first-order valence-electron chi connectivity index (χ1n) is 6.61. The Labute approximate surface area is 123 Å². The topological polar surface area (TPSA) is 87.6 Å². The van der Waals surface area contributed by atoms with Crippen LogP contribution in [0.2, 0.25) is 0 Å². The minimum absolute atomic E-state index is 0.0420. The van der Waals surface area contributed by atoms with E-state index in [-0.39, 0.29) is 5.84 Å². The van der Waals surface area contributed by atoms with E-state index < -0.39 is 0 Å². The highest BCUT2D eigenvalue weighted by Crippen LogP contribution is 2.22. The van der Waals surface area contributed by atoms with Crippen molar-refractivity contribution < 1.29 is 5.21 Å². The molecule has 6 nitrogen and oxygen atoms in total. The molecule has 110 valence electrons. The van der Waals surface area contributed by atoms with Crippen LogP contribution < -0.4 is 10.6 Å². The third-order valence-electron chi connectivity index (χ3n) is 3.42. The molecule has 0 aliphatic heterocycles. The number of oxime groups is 1. The Hall–Kier alpha value is -2.63. The van der Waals surface area contributed by atoms with Gasteiger partial charge in [-0.3, -0.25) is 0 Å². The lowest BCUT2D eigenvalue weighted by molar-refractivity contribution is 0.318. The smallest absolute Gasteiger partial charge is 0.174 e. The van der Waals surface area contributed by atoms with Crippen molar-refractivity contribution in [3.8, 4) is 0 Å². The van der Waals surface area contributed by atoms with Crippen LogP contribution in [0.15, 0.2) is 35.5 Å². The zero-order valence-corrected chi connectivity index (χ0v) is 12.4. The minimum atomic E-state index is 0.0420. The molecule has 0 atom stereocenters. The molecule has 0 radical (unpaired) electrons. The average molecular weight is 285 g/mol. The van der Waals surface area contributed by atoms with Crippen LogP contribution >= 0.6 is 0 Å². The van der Waals surface area contributed by atoms with Crippen molar-refractivity contribution in [3.63, 3.8) is 0 Å². The van der Waals surface area contributed by atoms with Crippen molar-refractivity contribution in [2.24, 2.45) is 10.9 Å². The van der Waals surface area contributed by atoms with Crippen molar-refractivity contribution >= 4 is 11.7 Å². The molecule has 21 heavy (non-hydrogen) atoms. The molecule has 0 unspecified atom stereocenters. The van der Waals surface area contributed by atoms with Crippen LogP contribution in [0.5, 0.6) is 0 Å². The molecular formula is C15H19N5O. The number of hydrogen-bond acceptors (Lipinski definition) is 5. The van der Waals surface area contributed by atoms with E-state index >= 15 is 0 Å². The van der Waals surface area contributed by atoms with Crippen LogP contribution in [-0.4, -0.2) is 28.3 Å². The van der Waals surface area contributed by atoms with Gasteiger partial charge in [-0.2, -0.15) is 5.10 Å². The zero-order chi connectivity index (χ0) is 15.4. The first-order chi connectivity index (χ1) is 10.0. The lowest BCUT2D eigenvalue weighted by Crippen LogP contribution is -2.26. The van der Waals surface area contributed by atoms with E-state index in [4.69, 9.17) is 10.9 Å². The van der Waals surface area contributed by atoms with Gasteiger partial charge in [0.2, 0.25) is 0 Å². The van der Waals surface area contributed by atoms with Gasteiger partial charge in [-0.05, 0) is 25.0 Å². The molecule has 3 N–H and O–H groups in total. The van der Waals surface area contributed by atoms with Gasteiger partial charge in [0.05, 0.1) is 11.3 Å². The summed E-state index contributed by atoms with van der Waals surface area (Å²) >= 11 is 0.